The van der Waals surface area contributed by atoms with Gasteiger partial charge < -0.3 is 9.72 Å². The third-order valence-electron chi connectivity index (χ3n) is 5.50. The maximum absolute atomic E-state index is 13.7. The van der Waals surface area contributed by atoms with Crippen LogP contribution < -0.4 is 10.3 Å². The van der Waals surface area contributed by atoms with Gasteiger partial charge in [-0.25, -0.2) is 17.9 Å². The van der Waals surface area contributed by atoms with E-state index in [4.69, 9.17) is 4.74 Å². The molecule has 0 bridgehead atoms. The minimum Gasteiger partial charge on any atom is -0.493 e. The van der Waals surface area contributed by atoms with Crippen molar-refractivity contribution in [2.24, 2.45) is 11.8 Å². The number of fused-ring (bicyclic) bond motifs is 1. The number of nitrogens with zero attached hydrogens (tertiary/aromatic N) is 4. The average molecular weight is 504 g/mol. The Morgan fingerprint density at radius 3 is 2.34 bits per heavy atom. The van der Waals surface area contributed by atoms with Gasteiger partial charge in [-0.05, 0) is 50.3 Å². The van der Waals surface area contributed by atoms with Crippen LogP contribution in [-0.4, -0.2) is 52.0 Å². The Morgan fingerprint density at radius 2 is 1.77 bits per heavy atom. The summed E-state index contributed by atoms with van der Waals surface area (Å²) in [5, 5.41) is 4.66. The predicted molar refractivity (Wildman–Crippen MR) is 137 cm³/mol. The van der Waals surface area contributed by atoms with Crippen LogP contribution in [0, 0.1) is 18.8 Å². The highest BCUT2D eigenvalue weighted by atomic mass is 32.2. The quantitative estimate of drug-likeness (QED) is 0.423. The molecule has 2 aromatic heterocycles. The van der Waals surface area contributed by atoms with E-state index in [1.165, 1.54) is 4.31 Å². The summed E-state index contributed by atoms with van der Waals surface area (Å²) in [4.78, 5) is 20.5. The number of hydrogen-bond donors (Lipinski definition) is 1. The smallest absolute Gasteiger partial charge is 0.277 e. The first-order chi connectivity index (χ1) is 16.5. The number of ether oxygens (including phenoxy) is 1. The lowest BCUT2D eigenvalue weighted by atomic mass is 10.2. The summed E-state index contributed by atoms with van der Waals surface area (Å²) in [5.74, 6) is 1.72. The predicted octanol–water partition coefficient (Wildman–Crippen LogP) is 4.05. The molecule has 0 unspecified atom stereocenters. The second-order valence-corrected chi connectivity index (χ2v) is 11.6. The van der Waals surface area contributed by atoms with Crippen LogP contribution in [0.1, 0.15) is 59.5 Å². The second-order valence-electron chi connectivity index (χ2n) is 9.63. The molecule has 3 rings (SSSR count). The Bertz CT molecular complexity index is 1330. The fraction of sp³-hybridized carbons (Fsp3) is 0.560. The summed E-state index contributed by atoms with van der Waals surface area (Å²) in [6, 6.07) is 4.73. The Labute approximate surface area is 207 Å². The van der Waals surface area contributed by atoms with Gasteiger partial charge >= 0.3 is 0 Å². The third-order valence-corrected chi connectivity index (χ3v) is 7.33. The molecule has 192 valence electrons. The molecule has 35 heavy (non-hydrogen) atoms. The van der Waals surface area contributed by atoms with E-state index in [0.29, 0.717) is 54.5 Å². The van der Waals surface area contributed by atoms with Gasteiger partial charge in [-0.1, -0.05) is 34.6 Å². The molecule has 0 aliphatic rings. The lowest BCUT2D eigenvalue weighted by Crippen LogP contribution is -2.37. The number of rotatable bonds is 11. The second kappa shape index (κ2) is 10.9. The summed E-state index contributed by atoms with van der Waals surface area (Å²) >= 11 is 0. The Hall–Kier alpha value is -2.72. The largest absolute Gasteiger partial charge is 0.493 e. The molecule has 0 aliphatic carbocycles. The number of imidazole rings is 1. The van der Waals surface area contributed by atoms with Gasteiger partial charge in [-0.2, -0.15) is 4.31 Å². The van der Waals surface area contributed by atoms with Crippen LogP contribution in [0.25, 0.3) is 16.9 Å². The first-order valence-corrected chi connectivity index (χ1v) is 13.7. The Balaban J connectivity index is 2.21. The first-order valence-electron chi connectivity index (χ1n) is 12.2. The van der Waals surface area contributed by atoms with E-state index in [2.05, 4.69) is 15.1 Å². The molecule has 0 saturated heterocycles. The van der Waals surface area contributed by atoms with Crippen molar-refractivity contribution in [3.63, 3.8) is 0 Å². The van der Waals surface area contributed by atoms with Crippen LogP contribution in [0.2, 0.25) is 0 Å². The van der Waals surface area contributed by atoms with Crippen molar-refractivity contribution in [1.82, 2.24) is 23.9 Å². The first kappa shape index (κ1) is 26.9. The molecule has 0 aliphatic heterocycles. The molecule has 1 aromatic carbocycles. The number of aromatic amines is 1. The van der Waals surface area contributed by atoms with Crippen LogP contribution in [-0.2, 0) is 16.4 Å². The summed E-state index contributed by atoms with van der Waals surface area (Å²) in [6.45, 7) is 14.9. The molecule has 0 amide bonds. The van der Waals surface area contributed by atoms with Crippen molar-refractivity contribution < 1.29 is 13.2 Å². The Morgan fingerprint density at radius 1 is 1.11 bits per heavy atom. The summed E-state index contributed by atoms with van der Waals surface area (Å²) < 4.78 is 36.2. The van der Waals surface area contributed by atoms with E-state index in [9.17, 15) is 13.2 Å². The molecule has 9 nitrogen and oxygen atoms in total. The van der Waals surface area contributed by atoms with Gasteiger partial charge in [0.1, 0.15) is 11.6 Å². The van der Waals surface area contributed by atoms with E-state index in [1.54, 1.807) is 29.6 Å². The minimum absolute atomic E-state index is 0.135. The van der Waals surface area contributed by atoms with Gasteiger partial charge in [0, 0.05) is 19.5 Å². The number of aryl methyl sites for hydroxylation is 2. The van der Waals surface area contributed by atoms with Crippen molar-refractivity contribution >= 4 is 15.5 Å². The monoisotopic (exact) mass is 503 g/mol. The summed E-state index contributed by atoms with van der Waals surface area (Å²) in [5.41, 5.74) is 1.07. The van der Waals surface area contributed by atoms with Crippen molar-refractivity contribution in [2.45, 2.75) is 66.2 Å². The highest BCUT2D eigenvalue weighted by molar-refractivity contribution is 7.89. The molecule has 0 spiro atoms. The van der Waals surface area contributed by atoms with Crippen LogP contribution in [0.4, 0.5) is 0 Å². The van der Waals surface area contributed by atoms with E-state index in [-0.39, 0.29) is 28.1 Å². The molecule has 3 aromatic rings. The van der Waals surface area contributed by atoms with Crippen molar-refractivity contribution in [2.75, 3.05) is 19.7 Å². The highest BCUT2D eigenvalue weighted by Crippen LogP contribution is 2.32. The molecule has 10 heteroatoms. The molecule has 0 saturated carbocycles. The Kier molecular flexibility index (Phi) is 8.38. The lowest BCUT2D eigenvalue weighted by molar-refractivity contribution is 0.333. The van der Waals surface area contributed by atoms with E-state index >= 15 is 0 Å². The summed E-state index contributed by atoms with van der Waals surface area (Å²) in [7, 11) is -3.78. The van der Waals surface area contributed by atoms with Crippen molar-refractivity contribution in [1.29, 1.82) is 0 Å². The van der Waals surface area contributed by atoms with E-state index in [0.717, 1.165) is 6.42 Å². The van der Waals surface area contributed by atoms with Gasteiger partial charge in [-0.15, -0.1) is 5.10 Å². The van der Waals surface area contributed by atoms with Gasteiger partial charge in [0.15, 0.2) is 11.3 Å². The fourth-order valence-electron chi connectivity index (χ4n) is 4.11. The third kappa shape index (κ3) is 5.75. The maximum Gasteiger partial charge on any atom is 0.277 e. The number of aromatic nitrogens is 4. The van der Waals surface area contributed by atoms with Crippen LogP contribution in [0.5, 0.6) is 5.75 Å². The minimum atomic E-state index is -3.78. The number of sulfonamides is 1. The molecular formula is C25H37N5O4S. The fourth-order valence-corrected chi connectivity index (χ4v) is 5.91. The molecule has 2 heterocycles. The normalized spacial score (nSPS) is 12.4. The van der Waals surface area contributed by atoms with Crippen molar-refractivity contribution in [3.8, 4) is 17.1 Å². The van der Waals surface area contributed by atoms with Crippen LogP contribution in [0.15, 0.2) is 27.9 Å². The molecule has 0 atom stereocenters. The number of hydrogen-bond acceptors (Lipinski definition) is 6. The average Bonchev–Trinajstić information content (AvgIpc) is 3.09. The summed E-state index contributed by atoms with van der Waals surface area (Å²) in [6.07, 6.45) is 1.51. The topological polar surface area (TPSA) is 110 Å². The van der Waals surface area contributed by atoms with Gasteiger partial charge in [0.05, 0.1) is 22.8 Å². The lowest BCUT2D eigenvalue weighted by Gasteiger charge is -2.26. The van der Waals surface area contributed by atoms with E-state index < -0.39 is 10.0 Å². The zero-order valence-corrected chi connectivity index (χ0v) is 22.6. The van der Waals surface area contributed by atoms with Gasteiger partial charge in [0.2, 0.25) is 10.0 Å². The number of nitrogens with one attached hydrogen (secondary N) is 1. The maximum atomic E-state index is 13.7. The molecule has 0 fully saturated rings. The van der Waals surface area contributed by atoms with E-state index in [1.807, 2.05) is 41.5 Å². The highest BCUT2D eigenvalue weighted by Gasteiger charge is 2.28. The van der Waals surface area contributed by atoms with Gasteiger partial charge in [-0.3, -0.25) is 4.79 Å². The standard InChI is InChI=1S/C25H37N5O4S/c1-8-10-22-26-18(7)23-25(31)27-24(28-30(22)23)20-13-19(11-12-21(20)34-9-2)35(32,33)29(14-16(3)4)15-17(5)6/h11-13,16-17H,8-10,14-15H2,1-7H3,(H,27,28,31). The zero-order valence-electron chi connectivity index (χ0n) is 21.8. The molecular weight excluding hydrogens is 466 g/mol. The van der Waals surface area contributed by atoms with Crippen molar-refractivity contribution in [3.05, 3.63) is 40.1 Å². The molecule has 1 N–H and O–H groups in total. The number of H-pyrrole nitrogens is 1. The SMILES string of the molecule is CCCc1nc(C)c2c(=O)[nH]c(-c3cc(S(=O)(=O)N(CC(C)C)CC(C)C)ccc3OCC)nn12. The zero-order chi connectivity index (χ0) is 25.9. The van der Waals surface area contributed by atoms with Gasteiger partial charge in [0.25, 0.3) is 5.56 Å². The number of benzene rings is 1. The van der Waals surface area contributed by atoms with Crippen LogP contribution in [0.3, 0.4) is 0 Å². The molecule has 0 radical (unpaired) electrons. The van der Waals surface area contributed by atoms with Crippen LogP contribution >= 0.6 is 0 Å².